The number of H-pyrrole nitrogens is 2. The van der Waals surface area contributed by atoms with Gasteiger partial charge < -0.3 is 9.47 Å². The molecule has 4 heterocycles. The number of nitrogens with zero attached hydrogens (tertiary/aromatic N) is 2. The summed E-state index contributed by atoms with van der Waals surface area (Å²) in [7, 11) is 2.17. The maximum atomic E-state index is 12.3. The largest absolute Gasteiger partial charge is 0.342 e. The van der Waals surface area contributed by atoms with Crippen molar-refractivity contribution in [2.75, 3.05) is 20.1 Å². The molecule has 22 heavy (non-hydrogen) atoms. The first-order valence-electron chi connectivity index (χ1n) is 7.86. The average Bonchev–Trinajstić information content (AvgIpc) is 2.99. The molecule has 1 aliphatic rings. The summed E-state index contributed by atoms with van der Waals surface area (Å²) < 4.78 is 2.31. The predicted molar refractivity (Wildman–Crippen MR) is 86.9 cm³/mol. The zero-order valence-electron chi connectivity index (χ0n) is 13.0. The maximum Gasteiger partial charge on any atom is 0.286 e. The van der Waals surface area contributed by atoms with Crippen molar-refractivity contribution in [1.29, 1.82) is 0 Å². The van der Waals surface area contributed by atoms with Gasteiger partial charge in [-0.1, -0.05) is 6.92 Å². The van der Waals surface area contributed by atoms with Crippen molar-refractivity contribution >= 4 is 21.9 Å². The fourth-order valence-electron chi connectivity index (χ4n) is 3.67. The van der Waals surface area contributed by atoms with Crippen molar-refractivity contribution < 1.29 is 4.98 Å². The van der Waals surface area contributed by atoms with Crippen LogP contribution in [0.5, 0.6) is 0 Å². The molecule has 2 atom stereocenters. The number of nitrogens with one attached hydrogen (secondary N) is 2. The van der Waals surface area contributed by atoms with Crippen LogP contribution in [0.3, 0.4) is 0 Å². The summed E-state index contributed by atoms with van der Waals surface area (Å²) in [6.45, 7) is 4.47. The molecule has 0 aromatic carbocycles. The zero-order chi connectivity index (χ0) is 15.3. The van der Waals surface area contributed by atoms with Crippen LogP contribution in [0.2, 0.25) is 0 Å². The van der Waals surface area contributed by atoms with Crippen LogP contribution >= 0.6 is 0 Å². The van der Waals surface area contributed by atoms with Gasteiger partial charge in [-0.2, -0.15) is 0 Å². The van der Waals surface area contributed by atoms with Gasteiger partial charge in [0.2, 0.25) is 0 Å². The van der Waals surface area contributed by atoms with Gasteiger partial charge in [0, 0.05) is 24.8 Å². The van der Waals surface area contributed by atoms with Gasteiger partial charge in [0.1, 0.15) is 6.20 Å². The van der Waals surface area contributed by atoms with Gasteiger partial charge in [-0.15, -0.1) is 0 Å². The first kappa shape index (κ1) is 13.5. The smallest absolute Gasteiger partial charge is 0.286 e. The molecule has 0 spiro atoms. The minimum atomic E-state index is 0.0717. The number of aromatic amines is 2. The van der Waals surface area contributed by atoms with Gasteiger partial charge in [0.05, 0.1) is 22.5 Å². The quantitative estimate of drug-likeness (QED) is 0.745. The van der Waals surface area contributed by atoms with Gasteiger partial charge in [-0.25, -0.2) is 9.97 Å². The van der Waals surface area contributed by atoms with Crippen LogP contribution in [-0.2, 0) is 0 Å². The number of rotatable bonds is 1. The molecule has 4 rings (SSSR count). The zero-order valence-corrected chi connectivity index (χ0v) is 13.0. The molecule has 5 heteroatoms. The highest BCUT2D eigenvalue weighted by Gasteiger charge is 2.27. The maximum absolute atomic E-state index is 12.3. The average molecular weight is 297 g/mol. The fraction of sp³-hybridized carbons (Fsp3) is 0.412. The van der Waals surface area contributed by atoms with Gasteiger partial charge in [0.25, 0.3) is 5.65 Å². The third-order valence-corrected chi connectivity index (χ3v) is 5.01. The molecular formula is C17H21N4O+. The number of aromatic nitrogens is 3. The van der Waals surface area contributed by atoms with E-state index in [1.165, 1.54) is 6.42 Å². The number of likely N-dealkylation sites (tertiary alicyclic amines) is 1. The van der Waals surface area contributed by atoms with Crippen molar-refractivity contribution in [2.45, 2.75) is 19.4 Å². The molecule has 0 aliphatic carbocycles. The monoisotopic (exact) mass is 297 g/mol. The van der Waals surface area contributed by atoms with Gasteiger partial charge in [-0.3, -0.25) is 4.79 Å². The van der Waals surface area contributed by atoms with E-state index in [0.717, 1.165) is 35.0 Å². The summed E-state index contributed by atoms with van der Waals surface area (Å²) in [4.78, 5) is 21.0. The Morgan fingerprint density at radius 1 is 1.32 bits per heavy atom. The second-order valence-corrected chi connectivity index (χ2v) is 6.50. The van der Waals surface area contributed by atoms with Crippen LogP contribution in [0.15, 0.2) is 35.5 Å². The lowest BCUT2D eigenvalue weighted by Crippen LogP contribution is -2.38. The number of likely N-dealkylation sites (N-methyl/N-ethyl adjacent to an activating group) is 1. The highest BCUT2D eigenvalue weighted by Crippen LogP contribution is 2.30. The third kappa shape index (κ3) is 1.96. The van der Waals surface area contributed by atoms with Gasteiger partial charge >= 0.3 is 0 Å². The second-order valence-electron chi connectivity index (χ2n) is 6.50. The van der Waals surface area contributed by atoms with Gasteiger partial charge in [0.15, 0.2) is 5.43 Å². The molecule has 2 unspecified atom stereocenters. The Balaban J connectivity index is 2.03. The van der Waals surface area contributed by atoms with Crippen LogP contribution < -0.4 is 10.4 Å². The van der Waals surface area contributed by atoms with Crippen LogP contribution in [0.1, 0.15) is 19.4 Å². The van der Waals surface area contributed by atoms with Crippen molar-refractivity contribution in [2.24, 2.45) is 5.92 Å². The molecule has 0 saturated carbocycles. The number of fused-ring (bicyclic) bond motifs is 3. The molecular weight excluding hydrogens is 276 g/mol. The Morgan fingerprint density at radius 3 is 3.05 bits per heavy atom. The van der Waals surface area contributed by atoms with Crippen LogP contribution in [0.4, 0.5) is 0 Å². The van der Waals surface area contributed by atoms with E-state index >= 15 is 0 Å². The highest BCUT2D eigenvalue weighted by atomic mass is 16.1. The van der Waals surface area contributed by atoms with Crippen LogP contribution in [-0.4, -0.2) is 34.6 Å². The van der Waals surface area contributed by atoms with E-state index in [0.29, 0.717) is 12.0 Å². The molecule has 1 fully saturated rings. The molecule has 3 aromatic heterocycles. The lowest BCUT2D eigenvalue weighted by atomic mass is 9.93. The summed E-state index contributed by atoms with van der Waals surface area (Å²) in [6, 6.07) is 4.12. The SMILES string of the molecule is CC1CCN(C)CC1n1ccc(=O)c2c[nH+]c3[nH]ccc3c21. The first-order chi connectivity index (χ1) is 10.6. The molecule has 1 aliphatic heterocycles. The Morgan fingerprint density at radius 2 is 2.18 bits per heavy atom. The van der Waals surface area contributed by atoms with Crippen LogP contribution in [0.25, 0.3) is 21.9 Å². The highest BCUT2D eigenvalue weighted by molar-refractivity contribution is 6.00. The van der Waals surface area contributed by atoms with E-state index < -0.39 is 0 Å². The number of piperidine rings is 1. The van der Waals surface area contributed by atoms with E-state index in [1.807, 2.05) is 24.7 Å². The number of hydrogen-bond donors (Lipinski definition) is 1. The molecule has 0 bridgehead atoms. The summed E-state index contributed by atoms with van der Waals surface area (Å²) in [5.41, 5.74) is 2.07. The van der Waals surface area contributed by atoms with Crippen molar-refractivity contribution in [3.63, 3.8) is 0 Å². The topological polar surface area (TPSA) is 55.2 Å². The lowest BCUT2D eigenvalue weighted by Gasteiger charge is -2.37. The molecule has 2 N–H and O–H groups in total. The Hall–Kier alpha value is -2.14. The minimum absolute atomic E-state index is 0.0717. The molecule has 5 nitrogen and oxygen atoms in total. The molecule has 0 radical (unpaired) electrons. The minimum Gasteiger partial charge on any atom is -0.342 e. The van der Waals surface area contributed by atoms with E-state index in [-0.39, 0.29) is 5.43 Å². The predicted octanol–water partition coefficient (Wildman–Crippen LogP) is 1.81. The summed E-state index contributed by atoms with van der Waals surface area (Å²) in [6.07, 6.45) is 6.89. The van der Waals surface area contributed by atoms with E-state index in [4.69, 9.17) is 0 Å². The second kappa shape index (κ2) is 4.95. The first-order valence-corrected chi connectivity index (χ1v) is 7.86. The van der Waals surface area contributed by atoms with Crippen LogP contribution in [0, 0.1) is 5.92 Å². The normalized spacial score (nSPS) is 23.4. The molecule has 114 valence electrons. The molecule has 1 saturated heterocycles. The molecule has 3 aromatic rings. The Kier molecular flexibility index (Phi) is 3.04. The van der Waals surface area contributed by atoms with E-state index in [1.54, 1.807) is 6.07 Å². The summed E-state index contributed by atoms with van der Waals surface area (Å²) in [5, 5.41) is 1.84. The lowest BCUT2D eigenvalue weighted by molar-refractivity contribution is -0.345. The summed E-state index contributed by atoms with van der Waals surface area (Å²) in [5.74, 6) is 0.597. The van der Waals surface area contributed by atoms with Crippen molar-refractivity contribution in [3.8, 4) is 0 Å². The number of pyridine rings is 2. The summed E-state index contributed by atoms with van der Waals surface area (Å²) >= 11 is 0. The van der Waals surface area contributed by atoms with E-state index in [9.17, 15) is 4.79 Å². The molecule has 0 amide bonds. The Labute approximate surface area is 128 Å². The van der Waals surface area contributed by atoms with Gasteiger partial charge in [-0.05, 0) is 32.0 Å². The van der Waals surface area contributed by atoms with E-state index in [2.05, 4.69) is 33.4 Å². The van der Waals surface area contributed by atoms with Crippen molar-refractivity contribution in [3.05, 3.63) is 40.9 Å². The third-order valence-electron chi connectivity index (χ3n) is 5.01. The van der Waals surface area contributed by atoms with Crippen molar-refractivity contribution in [1.82, 2.24) is 14.5 Å². The standard InChI is InChI=1S/C17H20N4O/c1-11-4-7-20(2)10-14(11)21-8-5-15(22)13-9-19-17-12(16(13)21)3-6-18-17/h3,5-6,8-9,11,14H,4,7,10H2,1-2H3,(H,18,19)/p+1. The number of hydrogen-bond acceptors (Lipinski definition) is 2. The fourth-order valence-corrected chi connectivity index (χ4v) is 3.67. The Bertz CT molecular complexity index is 894.